The number of hydrogen-bond acceptors (Lipinski definition) is 5. The highest BCUT2D eigenvalue weighted by Gasteiger charge is 2.20. The molecular formula is C22H19F2N3O5S. The maximum atomic E-state index is 13.4. The molecule has 2 N–H and O–H groups in total. The van der Waals surface area contributed by atoms with E-state index in [0.29, 0.717) is 11.1 Å². The second kappa shape index (κ2) is 9.33. The van der Waals surface area contributed by atoms with Crippen molar-refractivity contribution in [2.75, 3.05) is 4.72 Å². The van der Waals surface area contributed by atoms with Crippen LogP contribution in [0.4, 0.5) is 20.2 Å². The van der Waals surface area contributed by atoms with Crippen LogP contribution in [0.5, 0.6) is 0 Å². The molecule has 1 amide bonds. The van der Waals surface area contributed by atoms with Crippen LogP contribution in [0.2, 0.25) is 0 Å². The van der Waals surface area contributed by atoms with Crippen LogP contribution < -0.4 is 10.0 Å². The minimum absolute atomic E-state index is 0.142. The lowest BCUT2D eigenvalue weighted by atomic mass is 10.1. The van der Waals surface area contributed by atoms with Crippen LogP contribution in [0.25, 0.3) is 0 Å². The van der Waals surface area contributed by atoms with Crippen LogP contribution in [0.1, 0.15) is 34.5 Å². The van der Waals surface area contributed by atoms with Gasteiger partial charge in [-0.3, -0.25) is 19.6 Å². The zero-order valence-electron chi connectivity index (χ0n) is 17.5. The van der Waals surface area contributed by atoms with Gasteiger partial charge in [0, 0.05) is 22.9 Å². The van der Waals surface area contributed by atoms with E-state index >= 15 is 0 Å². The monoisotopic (exact) mass is 475 g/mol. The SMILES string of the molecule is Cc1ccc(S(=O)(=O)Nc2ccc(C(=O)NC(C)c3ccc(F)c(F)c3)cc2)cc1[N+](=O)[O-]. The largest absolute Gasteiger partial charge is 0.346 e. The number of benzene rings is 3. The molecule has 1 atom stereocenters. The van der Waals surface area contributed by atoms with Crippen molar-refractivity contribution in [1.29, 1.82) is 0 Å². The summed E-state index contributed by atoms with van der Waals surface area (Å²) in [6.45, 7) is 3.10. The smallest absolute Gasteiger partial charge is 0.273 e. The normalized spacial score (nSPS) is 12.1. The van der Waals surface area contributed by atoms with Crippen molar-refractivity contribution >= 4 is 27.3 Å². The van der Waals surface area contributed by atoms with Crippen LogP contribution in [0, 0.1) is 28.7 Å². The van der Waals surface area contributed by atoms with Crippen molar-refractivity contribution in [1.82, 2.24) is 5.32 Å². The molecule has 0 bridgehead atoms. The number of nitro benzene ring substituents is 1. The van der Waals surface area contributed by atoms with Crippen molar-refractivity contribution in [2.24, 2.45) is 0 Å². The second-order valence-corrected chi connectivity index (χ2v) is 8.94. The Hall–Kier alpha value is -3.86. The van der Waals surface area contributed by atoms with E-state index in [2.05, 4.69) is 10.0 Å². The summed E-state index contributed by atoms with van der Waals surface area (Å²) in [6.07, 6.45) is 0. The maximum Gasteiger partial charge on any atom is 0.273 e. The fourth-order valence-corrected chi connectivity index (χ4v) is 4.08. The van der Waals surface area contributed by atoms with Crippen LogP contribution in [-0.4, -0.2) is 19.2 Å². The summed E-state index contributed by atoms with van der Waals surface area (Å²) in [4.78, 5) is 22.6. The Balaban J connectivity index is 1.72. The second-order valence-electron chi connectivity index (χ2n) is 7.26. The number of nitrogens with one attached hydrogen (secondary N) is 2. The molecule has 0 aromatic heterocycles. The number of aryl methyl sites for hydroxylation is 1. The summed E-state index contributed by atoms with van der Waals surface area (Å²) >= 11 is 0. The van der Waals surface area contributed by atoms with Gasteiger partial charge in [-0.1, -0.05) is 12.1 Å². The van der Waals surface area contributed by atoms with Gasteiger partial charge in [0.15, 0.2) is 11.6 Å². The summed E-state index contributed by atoms with van der Waals surface area (Å²) < 4.78 is 54.0. The summed E-state index contributed by atoms with van der Waals surface area (Å²) in [5.41, 5.74) is 0.729. The number of nitro groups is 1. The zero-order chi connectivity index (χ0) is 24.3. The molecule has 0 aliphatic heterocycles. The minimum Gasteiger partial charge on any atom is -0.346 e. The molecule has 0 spiro atoms. The predicted molar refractivity (Wildman–Crippen MR) is 117 cm³/mol. The molecule has 0 aliphatic carbocycles. The summed E-state index contributed by atoms with van der Waals surface area (Å²) in [7, 11) is -4.10. The fourth-order valence-electron chi connectivity index (χ4n) is 3.00. The lowest BCUT2D eigenvalue weighted by molar-refractivity contribution is -0.385. The fraction of sp³-hybridized carbons (Fsp3) is 0.136. The minimum atomic E-state index is -4.10. The Morgan fingerprint density at radius 1 is 1.00 bits per heavy atom. The lowest BCUT2D eigenvalue weighted by Crippen LogP contribution is -2.26. The van der Waals surface area contributed by atoms with Crippen LogP contribution >= 0.6 is 0 Å². The molecule has 0 saturated heterocycles. The Morgan fingerprint density at radius 2 is 1.67 bits per heavy atom. The number of anilines is 1. The predicted octanol–water partition coefficient (Wildman–Crippen LogP) is 4.47. The number of halogens is 2. The first-order valence-corrected chi connectivity index (χ1v) is 11.1. The average Bonchev–Trinajstić information content (AvgIpc) is 2.75. The molecule has 172 valence electrons. The van der Waals surface area contributed by atoms with E-state index < -0.39 is 38.5 Å². The lowest BCUT2D eigenvalue weighted by Gasteiger charge is -2.15. The molecule has 0 fully saturated rings. The topological polar surface area (TPSA) is 118 Å². The van der Waals surface area contributed by atoms with Gasteiger partial charge in [-0.05, 0) is 61.9 Å². The summed E-state index contributed by atoms with van der Waals surface area (Å²) in [5, 5.41) is 13.7. The number of hydrogen-bond donors (Lipinski definition) is 2. The molecule has 0 aliphatic rings. The average molecular weight is 475 g/mol. The van der Waals surface area contributed by atoms with E-state index in [9.17, 15) is 32.1 Å². The van der Waals surface area contributed by atoms with E-state index in [4.69, 9.17) is 0 Å². The van der Waals surface area contributed by atoms with Gasteiger partial charge < -0.3 is 5.32 Å². The van der Waals surface area contributed by atoms with Crippen molar-refractivity contribution < 1.29 is 26.9 Å². The summed E-state index contributed by atoms with van der Waals surface area (Å²) in [5.74, 6) is -2.52. The number of amides is 1. The summed E-state index contributed by atoms with van der Waals surface area (Å²) in [6, 6.07) is 11.8. The highest BCUT2D eigenvalue weighted by molar-refractivity contribution is 7.92. The standard InChI is InChI=1S/C22H19F2N3O5S/c1-13-3-9-18(12-21(13)27(29)30)33(31,32)26-17-7-4-15(5-8-17)22(28)25-14(2)16-6-10-19(23)20(24)11-16/h3-12,14,26H,1-2H3,(H,25,28). The van der Waals surface area contributed by atoms with Gasteiger partial charge in [-0.2, -0.15) is 0 Å². The van der Waals surface area contributed by atoms with Gasteiger partial charge in [-0.15, -0.1) is 0 Å². The highest BCUT2D eigenvalue weighted by Crippen LogP contribution is 2.24. The molecule has 11 heteroatoms. The van der Waals surface area contributed by atoms with Gasteiger partial charge in [0.1, 0.15) is 0 Å². The van der Waals surface area contributed by atoms with Gasteiger partial charge in [0.2, 0.25) is 0 Å². The highest BCUT2D eigenvalue weighted by atomic mass is 32.2. The van der Waals surface area contributed by atoms with E-state index in [1.54, 1.807) is 6.92 Å². The molecule has 3 aromatic rings. The first-order valence-electron chi connectivity index (χ1n) is 9.61. The Labute approximate surface area is 188 Å². The molecule has 1 unspecified atom stereocenters. The van der Waals surface area contributed by atoms with E-state index in [1.165, 1.54) is 49.4 Å². The van der Waals surface area contributed by atoms with E-state index in [1.807, 2.05) is 0 Å². The van der Waals surface area contributed by atoms with Crippen molar-refractivity contribution in [2.45, 2.75) is 24.8 Å². The zero-order valence-corrected chi connectivity index (χ0v) is 18.3. The maximum absolute atomic E-state index is 13.4. The van der Waals surface area contributed by atoms with Crippen molar-refractivity contribution in [3.8, 4) is 0 Å². The Kier molecular flexibility index (Phi) is 6.73. The first-order chi connectivity index (χ1) is 15.5. The first kappa shape index (κ1) is 23.8. The number of sulfonamides is 1. The third-order valence-corrected chi connectivity index (χ3v) is 6.26. The van der Waals surface area contributed by atoms with Crippen molar-refractivity contribution in [3.05, 3.63) is 99.1 Å². The molecule has 3 aromatic carbocycles. The van der Waals surface area contributed by atoms with Crippen molar-refractivity contribution in [3.63, 3.8) is 0 Å². The molecule has 3 rings (SSSR count). The Bertz CT molecular complexity index is 1330. The quantitative estimate of drug-likeness (QED) is 0.386. The number of nitrogens with zero attached hydrogens (tertiary/aromatic N) is 1. The third-order valence-electron chi connectivity index (χ3n) is 4.88. The molecular weight excluding hydrogens is 456 g/mol. The van der Waals surface area contributed by atoms with Gasteiger partial charge in [0.05, 0.1) is 15.9 Å². The van der Waals surface area contributed by atoms with Crippen LogP contribution in [0.15, 0.2) is 65.6 Å². The van der Waals surface area contributed by atoms with Gasteiger partial charge in [-0.25, -0.2) is 17.2 Å². The van der Waals surface area contributed by atoms with Gasteiger partial charge >= 0.3 is 0 Å². The number of carbonyl (C=O) groups is 1. The van der Waals surface area contributed by atoms with E-state index in [0.717, 1.165) is 18.2 Å². The number of rotatable bonds is 7. The molecule has 0 heterocycles. The third kappa shape index (κ3) is 5.50. The van der Waals surface area contributed by atoms with Crippen LogP contribution in [0.3, 0.4) is 0 Å². The molecule has 0 saturated carbocycles. The molecule has 33 heavy (non-hydrogen) atoms. The van der Waals surface area contributed by atoms with Crippen LogP contribution in [-0.2, 0) is 10.0 Å². The molecule has 8 nitrogen and oxygen atoms in total. The van der Waals surface area contributed by atoms with E-state index in [-0.39, 0.29) is 21.8 Å². The molecule has 0 radical (unpaired) electrons. The number of carbonyl (C=O) groups excluding carboxylic acids is 1. The Morgan fingerprint density at radius 3 is 2.27 bits per heavy atom. The van der Waals surface area contributed by atoms with Gasteiger partial charge in [0.25, 0.3) is 21.6 Å².